The highest BCUT2D eigenvalue weighted by molar-refractivity contribution is 8.06. The van der Waals surface area contributed by atoms with Crippen LogP contribution in [-0.2, 0) is 16.0 Å². The van der Waals surface area contributed by atoms with Crippen molar-refractivity contribution in [2.24, 2.45) is 0 Å². The van der Waals surface area contributed by atoms with E-state index < -0.39 is 0 Å². The van der Waals surface area contributed by atoms with E-state index >= 15 is 0 Å². The van der Waals surface area contributed by atoms with Crippen molar-refractivity contribution in [3.63, 3.8) is 0 Å². The van der Waals surface area contributed by atoms with Crippen LogP contribution in [0.3, 0.4) is 0 Å². The van der Waals surface area contributed by atoms with Crippen LogP contribution in [-0.4, -0.2) is 46.6 Å². The minimum atomic E-state index is -0.148. The molecule has 112 valence electrons. The summed E-state index contributed by atoms with van der Waals surface area (Å²) in [6, 6.07) is 0. The summed E-state index contributed by atoms with van der Waals surface area (Å²) in [7, 11) is 0. The molecule has 7 heteroatoms. The lowest BCUT2D eigenvalue weighted by atomic mass is 10.2. The van der Waals surface area contributed by atoms with Crippen LogP contribution < -0.4 is 5.32 Å². The lowest BCUT2D eigenvalue weighted by Gasteiger charge is -2.20. The zero-order chi connectivity index (χ0) is 14.2. The molecule has 2 heterocycles. The highest BCUT2D eigenvalue weighted by Gasteiger charge is 2.14. The van der Waals surface area contributed by atoms with E-state index in [9.17, 15) is 4.79 Å². The SMILES string of the molecule is CCOC(=O)CCc1csc(NCC2CSCCS2)n1. The van der Waals surface area contributed by atoms with E-state index in [1.807, 2.05) is 35.8 Å². The van der Waals surface area contributed by atoms with Gasteiger partial charge in [0.1, 0.15) is 0 Å². The van der Waals surface area contributed by atoms with Crippen LogP contribution in [0.15, 0.2) is 5.38 Å². The van der Waals surface area contributed by atoms with Crippen molar-refractivity contribution in [3.05, 3.63) is 11.1 Å². The van der Waals surface area contributed by atoms with E-state index in [2.05, 4.69) is 10.3 Å². The number of hydrogen-bond acceptors (Lipinski definition) is 7. The van der Waals surface area contributed by atoms with E-state index in [4.69, 9.17) is 4.74 Å². The average Bonchev–Trinajstić information content (AvgIpc) is 2.92. The van der Waals surface area contributed by atoms with Crippen molar-refractivity contribution in [2.75, 3.05) is 35.7 Å². The summed E-state index contributed by atoms with van der Waals surface area (Å²) >= 11 is 5.68. The van der Waals surface area contributed by atoms with Gasteiger partial charge in [-0.1, -0.05) is 0 Å². The van der Waals surface area contributed by atoms with Crippen molar-refractivity contribution in [1.29, 1.82) is 0 Å². The molecule has 0 spiro atoms. The summed E-state index contributed by atoms with van der Waals surface area (Å²) in [6.07, 6.45) is 1.07. The Hall–Kier alpha value is -0.400. The van der Waals surface area contributed by atoms with Gasteiger partial charge in [-0.25, -0.2) is 4.98 Å². The highest BCUT2D eigenvalue weighted by atomic mass is 32.2. The molecule has 1 fully saturated rings. The third-order valence-corrected chi connectivity index (χ3v) is 6.50. The first-order valence-electron chi connectivity index (χ1n) is 6.81. The number of thiazole rings is 1. The molecule has 1 aliphatic rings. The van der Waals surface area contributed by atoms with Crippen molar-refractivity contribution in [1.82, 2.24) is 4.98 Å². The summed E-state index contributed by atoms with van der Waals surface area (Å²) in [5.74, 6) is 3.60. The first-order valence-corrected chi connectivity index (χ1v) is 9.89. The highest BCUT2D eigenvalue weighted by Crippen LogP contribution is 2.25. The number of rotatable bonds is 7. The molecule has 2 rings (SSSR count). The predicted octanol–water partition coefficient (Wildman–Crippen LogP) is 2.90. The average molecular weight is 333 g/mol. The Kier molecular flexibility index (Phi) is 7.02. The first-order chi connectivity index (χ1) is 9.78. The maximum absolute atomic E-state index is 11.3. The minimum absolute atomic E-state index is 0.148. The number of nitrogens with zero attached hydrogens (tertiary/aromatic N) is 1. The quantitative estimate of drug-likeness (QED) is 0.775. The van der Waals surface area contributed by atoms with E-state index in [1.165, 1.54) is 17.3 Å². The normalized spacial score (nSPS) is 18.8. The molecular formula is C13H20N2O2S3. The summed E-state index contributed by atoms with van der Waals surface area (Å²) in [5.41, 5.74) is 0.969. The standard InChI is InChI=1S/C13H20N2O2S3/c1-2-17-12(16)4-3-10-8-20-13(15-10)14-7-11-9-18-5-6-19-11/h8,11H,2-7,9H2,1H3,(H,14,15). The number of nitrogens with one attached hydrogen (secondary N) is 1. The third-order valence-electron chi connectivity index (χ3n) is 2.81. The Morgan fingerprint density at radius 2 is 2.45 bits per heavy atom. The second-order valence-electron chi connectivity index (χ2n) is 4.40. The Bertz CT molecular complexity index is 420. The second-order valence-corrected chi connectivity index (χ2v) is 7.81. The fourth-order valence-electron chi connectivity index (χ4n) is 1.82. The number of hydrogen-bond donors (Lipinski definition) is 1. The van der Waals surface area contributed by atoms with Gasteiger partial charge < -0.3 is 10.1 Å². The van der Waals surface area contributed by atoms with Gasteiger partial charge in [-0.15, -0.1) is 11.3 Å². The van der Waals surface area contributed by atoms with Gasteiger partial charge in [-0.05, 0) is 6.92 Å². The smallest absolute Gasteiger partial charge is 0.306 e. The molecule has 0 aliphatic carbocycles. The van der Waals surface area contributed by atoms with Crippen molar-refractivity contribution in [2.45, 2.75) is 25.0 Å². The van der Waals surface area contributed by atoms with Crippen LogP contribution in [0.4, 0.5) is 5.13 Å². The molecule has 1 aliphatic heterocycles. The Labute approximate surface area is 132 Å². The summed E-state index contributed by atoms with van der Waals surface area (Å²) in [6.45, 7) is 3.24. The molecular weight excluding hydrogens is 312 g/mol. The van der Waals surface area contributed by atoms with E-state index in [-0.39, 0.29) is 5.97 Å². The monoisotopic (exact) mass is 332 g/mol. The van der Waals surface area contributed by atoms with Crippen LogP contribution in [0.2, 0.25) is 0 Å². The molecule has 0 amide bonds. The second kappa shape index (κ2) is 8.79. The molecule has 1 atom stereocenters. The van der Waals surface area contributed by atoms with Crippen molar-refractivity contribution < 1.29 is 9.53 Å². The fourth-order valence-corrected chi connectivity index (χ4v) is 5.19. The minimum Gasteiger partial charge on any atom is -0.466 e. The molecule has 4 nitrogen and oxygen atoms in total. The van der Waals surface area contributed by atoms with E-state index in [1.54, 1.807) is 11.3 Å². The molecule has 0 radical (unpaired) electrons. The van der Waals surface area contributed by atoms with Crippen molar-refractivity contribution >= 4 is 46.0 Å². The number of carbonyl (C=O) groups excluding carboxylic acids is 1. The lowest BCUT2D eigenvalue weighted by molar-refractivity contribution is -0.143. The lowest BCUT2D eigenvalue weighted by Crippen LogP contribution is -2.23. The van der Waals surface area contributed by atoms with Gasteiger partial charge in [0.15, 0.2) is 5.13 Å². The van der Waals surface area contributed by atoms with E-state index in [0.29, 0.717) is 24.7 Å². The van der Waals surface area contributed by atoms with E-state index in [0.717, 1.165) is 17.4 Å². The topological polar surface area (TPSA) is 51.2 Å². The van der Waals surface area contributed by atoms with Gasteiger partial charge in [0, 0.05) is 40.9 Å². The Balaban J connectivity index is 1.70. The van der Waals surface area contributed by atoms with Crippen LogP contribution in [0.1, 0.15) is 19.0 Å². The van der Waals surface area contributed by atoms with Crippen LogP contribution in [0.5, 0.6) is 0 Å². The third kappa shape index (κ3) is 5.54. The molecule has 0 bridgehead atoms. The van der Waals surface area contributed by atoms with Gasteiger partial charge in [-0.3, -0.25) is 4.79 Å². The largest absolute Gasteiger partial charge is 0.466 e. The molecule has 0 aromatic carbocycles. The number of ether oxygens (including phenoxy) is 1. The van der Waals surface area contributed by atoms with Crippen LogP contribution >= 0.6 is 34.9 Å². The molecule has 1 aromatic rings. The molecule has 1 saturated heterocycles. The van der Waals surface area contributed by atoms with Gasteiger partial charge in [0.25, 0.3) is 0 Å². The zero-order valence-electron chi connectivity index (χ0n) is 11.6. The zero-order valence-corrected chi connectivity index (χ0v) is 14.0. The molecule has 20 heavy (non-hydrogen) atoms. The first kappa shape index (κ1) is 16.0. The predicted molar refractivity (Wildman–Crippen MR) is 89.1 cm³/mol. The number of thioether (sulfide) groups is 2. The molecule has 1 N–H and O–H groups in total. The maximum Gasteiger partial charge on any atom is 0.306 e. The molecule has 1 unspecified atom stereocenters. The van der Waals surface area contributed by atoms with Crippen LogP contribution in [0, 0.1) is 0 Å². The number of esters is 1. The molecule has 1 aromatic heterocycles. The van der Waals surface area contributed by atoms with Gasteiger partial charge in [0.05, 0.1) is 18.7 Å². The number of carbonyl (C=O) groups is 1. The number of anilines is 1. The van der Waals surface area contributed by atoms with Gasteiger partial charge in [-0.2, -0.15) is 23.5 Å². The van der Waals surface area contributed by atoms with Gasteiger partial charge in [0.2, 0.25) is 0 Å². The maximum atomic E-state index is 11.3. The molecule has 0 saturated carbocycles. The summed E-state index contributed by atoms with van der Waals surface area (Å²) in [5, 5.41) is 7.06. The number of aromatic nitrogens is 1. The Morgan fingerprint density at radius 3 is 3.20 bits per heavy atom. The summed E-state index contributed by atoms with van der Waals surface area (Å²) < 4.78 is 4.91. The number of aryl methyl sites for hydroxylation is 1. The van der Waals surface area contributed by atoms with Crippen LogP contribution in [0.25, 0.3) is 0 Å². The van der Waals surface area contributed by atoms with Crippen molar-refractivity contribution in [3.8, 4) is 0 Å². The van der Waals surface area contributed by atoms with Gasteiger partial charge >= 0.3 is 5.97 Å². The fraction of sp³-hybridized carbons (Fsp3) is 0.692. The summed E-state index contributed by atoms with van der Waals surface area (Å²) in [4.78, 5) is 15.8. The Morgan fingerprint density at radius 1 is 1.55 bits per heavy atom.